The highest BCUT2D eigenvalue weighted by atomic mass is 16.5. The van der Waals surface area contributed by atoms with Crippen LogP contribution in [0.4, 0.5) is 0 Å². The smallest absolute Gasteiger partial charge is 0.161 e. The number of methoxy groups -OCH3 is 1. The van der Waals surface area contributed by atoms with Gasteiger partial charge in [0.15, 0.2) is 11.5 Å². The molecule has 2 heteroatoms. The SMILES string of the molecule is C=C/C=C(\C=C/C)COc1ccc(C)cc1OC. The first-order valence-corrected chi connectivity index (χ1v) is 5.93. The Kier molecular flexibility index (Phi) is 5.78. The van der Waals surface area contributed by atoms with Gasteiger partial charge in [0.25, 0.3) is 0 Å². The Labute approximate surface area is 109 Å². The third-order valence-electron chi connectivity index (χ3n) is 2.43. The molecule has 0 radical (unpaired) electrons. The van der Waals surface area contributed by atoms with Crippen molar-refractivity contribution in [3.8, 4) is 11.5 Å². The average Bonchev–Trinajstić information content (AvgIpc) is 2.37. The molecular formula is C16H20O2. The fourth-order valence-corrected chi connectivity index (χ4v) is 1.57. The minimum Gasteiger partial charge on any atom is -0.493 e. The lowest BCUT2D eigenvalue weighted by Crippen LogP contribution is -2.01. The van der Waals surface area contributed by atoms with E-state index in [1.54, 1.807) is 13.2 Å². The molecular weight excluding hydrogens is 224 g/mol. The summed E-state index contributed by atoms with van der Waals surface area (Å²) in [5, 5.41) is 0. The van der Waals surface area contributed by atoms with Crippen LogP contribution >= 0.6 is 0 Å². The number of allylic oxidation sites excluding steroid dienone is 3. The summed E-state index contributed by atoms with van der Waals surface area (Å²) in [5.41, 5.74) is 2.21. The summed E-state index contributed by atoms with van der Waals surface area (Å²) in [6.07, 6.45) is 7.67. The van der Waals surface area contributed by atoms with Crippen molar-refractivity contribution in [3.05, 3.63) is 60.2 Å². The molecule has 0 bridgehead atoms. The maximum Gasteiger partial charge on any atom is 0.161 e. The highest BCUT2D eigenvalue weighted by molar-refractivity contribution is 5.43. The van der Waals surface area contributed by atoms with Gasteiger partial charge in [-0.1, -0.05) is 36.9 Å². The predicted molar refractivity (Wildman–Crippen MR) is 76.3 cm³/mol. The molecule has 1 aromatic rings. The van der Waals surface area contributed by atoms with Gasteiger partial charge in [0.1, 0.15) is 6.61 Å². The van der Waals surface area contributed by atoms with Crippen LogP contribution in [0, 0.1) is 6.92 Å². The van der Waals surface area contributed by atoms with Crippen LogP contribution < -0.4 is 9.47 Å². The van der Waals surface area contributed by atoms with Gasteiger partial charge in [0, 0.05) is 0 Å². The second-order valence-electron chi connectivity index (χ2n) is 3.92. The molecule has 0 aliphatic rings. The van der Waals surface area contributed by atoms with E-state index in [4.69, 9.17) is 9.47 Å². The third-order valence-corrected chi connectivity index (χ3v) is 2.43. The van der Waals surface area contributed by atoms with E-state index in [0.717, 1.165) is 22.6 Å². The lowest BCUT2D eigenvalue weighted by molar-refractivity contribution is 0.321. The van der Waals surface area contributed by atoms with Gasteiger partial charge in [-0.25, -0.2) is 0 Å². The normalized spacial score (nSPS) is 11.6. The maximum absolute atomic E-state index is 5.76. The highest BCUT2D eigenvalue weighted by Gasteiger charge is 2.04. The summed E-state index contributed by atoms with van der Waals surface area (Å²) >= 11 is 0. The Morgan fingerprint density at radius 3 is 2.72 bits per heavy atom. The summed E-state index contributed by atoms with van der Waals surface area (Å²) in [6, 6.07) is 5.89. The molecule has 0 aliphatic carbocycles. The van der Waals surface area contributed by atoms with Crippen LogP contribution in [0.3, 0.4) is 0 Å². The zero-order chi connectivity index (χ0) is 13.4. The van der Waals surface area contributed by atoms with Crippen molar-refractivity contribution in [1.29, 1.82) is 0 Å². The topological polar surface area (TPSA) is 18.5 Å². The van der Waals surface area contributed by atoms with Crippen molar-refractivity contribution in [3.63, 3.8) is 0 Å². The van der Waals surface area contributed by atoms with Crippen molar-refractivity contribution in [2.75, 3.05) is 13.7 Å². The van der Waals surface area contributed by atoms with Crippen molar-refractivity contribution in [2.24, 2.45) is 0 Å². The number of aryl methyl sites for hydroxylation is 1. The molecule has 0 aliphatic heterocycles. The molecule has 1 aromatic carbocycles. The number of benzene rings is 1. The van der Waals surface area contributed by atoms with E-state index in [0.29, 0.717) is 6.61 Å². The van der Waals surface area contributed by atoms with Crippen molar-refractivity contribution in [1.82, 2.24) is 0 Å². The Morgan fingerprint density at radius 2 is 2.11 bits per heavy atom. The van der Waals surface area contributed by atoms with E-state index in [9.17, 15) is 0 Å². The molecule has 1 rings (SSSR count). The van der Waals surface area contributed by atoms with Gasteiger partial charge in [-0.05, 0) is 37.1 Å². The third kappa shape index (κ3) is 4.13. The molecule has 0 aromatic heterocycles. The van der Waals surface area contributed by atoms with E-state index in [1.807, 2.05) is 50.3 Å². The first-order valence-electron chi connectivity index (χ1n) is 5.93. The fourth-order valence-electron chi connectivity index (χ4n) is 1.57. The Hall–Kier alpha value is -1.96. The predicted octanol–water partition coefficient (Wildman–Crippen LogP) is 4.07. The van der Waals surface area contributed by atoms with Crippen molar-refractivity contribution < 1.29 is 9.47 Å². The van der Waals surface area contributed by atoms with Crippen LogP contribution in [0.2, 0.25) is 0 Å². The van der Waals surface area contributed by atoms with Crippen LogP contribution in [0.1, 0.15) is 12.5 Å². The molecule has 2 nitrogen and oxygen atoms in total. The van der Waals surface area contributed by atoms with Crippen LogP contribution in [0.5, 0.6) is 11.5 Å². The molecule has 96 valence electrons. The zero-order valence-electron chi connectivity index (χ0n) is 11.3. The Morgan fingerprint density at radius 1 is 1.33 bits per heavy atom. The van der Waals surface area contributed by atoms with Crippen LogP contribution in [-0.2, 0) is 0 Å². The Balaban J connectivity index is 2.79. The summed E-state index contributed by atoms with van der Waals surface area (Å²) in [5.74, 6) is 1.51. The first-order chi connectivity index (χ1) is 8.71. The summed E-state index contributed by atoms with van der Waals surface area (Å²) in [4.78, 5) is 0. The van der Waals surface area contributed by atoms with Crippen LogP contribution in [0.25, 0.3) is 0 Å². The number of hydrogen-bond donors (Lipinski definition) is 0. The van der Waals surface area contributed by atoms with Crippen LogP contribution in [-0.4, -0.2) is 13.7 Å². The molecule has 0 spiro atoms. The molecule has 0 amide bonds. The average molecular weight is 244 g/mol. The first kappa shape index (κ1) is 14.1. The molecule has 0 atom stereocenters. The van der Waals surface area contributed by atoms with E-state index in [-0.39, 0.29) is 0 Å². The highest BCUT2D eigenvalue weighted by Crippen LogP contribution is 2.28. The van der Waals surface area contributed by atoms with Gasteiger partial charge in [-0.2, -0.15) is 0 Å². The second-order valence-corrected chi connectivity index (χ2v) is 3.92. The van der Waals surface area contributed by atoms with Gasteiger partial charge >= 0.3 is 0 Å². The molecule has 18 heavy (non-hydrogen) atoms. The summed E-state index contributed by atoms with van der Waals surface area (Å²) in [6.45, 7) is 8.19. The molecule has 0 saturated carbocycles. The van der Waals surface area contributed by atoms with Crippen molar-refractivity contribution >= 4 is 0 Å². The molecule has 0 unspecified atom stereocenters. The minimum atomic E-state index is 0.496. The Bertz CT molecular complexity index is 456. The van der Waals surface area contributed by atoms with E-state index < -0.39 is 0 Å². The zero-order valence-corrected chi connectivity index (χ0v) is 11.3. The number of ether oxygens (including phenoxy) is 2. The fraction of sp³-hybridized carbons (Fsp3) is 0.250. The van der Waals surface area contributed by atoms with E-state index in [1.165, 1.54) is 0 Å². The maximum atomic E-state index is 5.76. The standard InChI is InChI=1S/C16H20O2/c1-5-7-14(8-6-2)12-18-15-10-9-13(3)11-16(15)17-4/h5-11H,1,12H2,2-4H3/b8-6-,14-7+. The van der Waals surface area contributed by atoms with Crippen molar-refractivity contribution in [2.45, 2.75) is 13.8 Å². The van der Waals surface area contributed by atoms with E-state index >= 15 is 0 Å². The van der Waals surface area contributed by atoms with Gasteiger partial charge in [0.2, 0.25) is 0 Å². The minimum absolute atomic E-state index is 0.496. The molecule has 0 heterocycles. The van der Waals surface area contributed by atoms with E-state index in [2.05, 4.69) is 6.58 Å². The summed E-state index contributed by atoms with van der Waals surface area (Å²) in [7, 11) is 1.65. The molecule has 0 N–H and O–H groups in total. The number of hydrogen-bond acceptors (Lipinski definition) is 2. The number of rotatable bonds is 6. The molecule has 0 fully saturated rings. The summed E-state index contributed by atoms with van der Waals surface area (Å²) < 4.78 is 11.1. The van der Waals surface area contributed by atoms with Crippen LogP contribution in [0.15, 0.2) is 54.7 Å². The lowest BCUT2D eigenvalue weighted by Gasteiger charge is -2.11. The van der Waals surface area contributed by atoms with Gasteiger partial charge in [-0.3, -0.25) is 0 Å². The second kappa shape index (κ2) is 7.38. The van der Waals surface area contributed by atoms with Gasteiger partial charge < -0.3 is 9.47 Å². The quantitative estimate of drug-likeness (QED) is 0.702. The largest absolute Gasteiger partial charge is 0.493 e. The lowest BCUT2D eigenvalue weighted by atomic mass is 10.2. The van der Waals surface area contributed by atoms with Gasteiger partial charge in [-0.15, -0.1) is 0 Å². The molecule has 0 saturated heterocycles. The monoisotopic (exact) mass is 244 g/mol. The van der Waals surface area contributed by atoms with Gasteiger partial charge in [0.05, 0.1) is 7.11 Å².